The first-order valence-electron chi connectivity index (χ1n) is 26.0. The molecule has 7 rings (SSSR count). The van der Waals surface area contributed by atoms with E-state index in [-0.39, 0.29) is 13.7 Å². The second kappa shape index (κ2) is 28.1. The minimum atomic E-state index is -5.80. The highest BCUT2D eigenvalue weighted by atomic mass is 19.4. The number of anilines is 2. The molecule has 0 radical (unpaired) electrons. The van der Waals surface area contributed by atoms with Crippen LogP contribution in [-0.4, -0.2) is 129 Å². The van der Waals surface area contributed by atoms with Gasteiger partial charge in [-0.1, -0.05) is 0 Å². The number of carboxylic acid groups (broad SMARTS) is 6. The van der Waals surface area contributed by atoms with Gasteiger partial charge in [-0.3, -0.25) is 23.5 Å². The number of nitrogens with one attached hydrogen (secondary N) is 2. The summed E-state index contributed by atoms with van der Waals surface area (Å²) >= 11 is 0. The van der Waals surface area contributed by atoms with E-state index in [4.69, 9.17) is 6.57 Å². The first kappa shape index (κ1) is 72.1. The van der Waals surface area contributed by atoms with E-state index < -0.39 is 240 Å². The molecule has 0 aliphatic carbocycles. The predicted molar refractivity (Wildman–Crippen MR) is 306 cm³/mol. The van der Waals surface area contributed by atoms with E-state index in [1.807, 2.05) is 0 Å². The van der Waals surface area contributed by atoms with Crippen LogP contribution in [0, 0.1) is 29.2 Å². The molecular formula is C54H31F9N18O18. The van der Waals surface area contributed by atoms with E-state index in [1.165, 1.54) is 0 Å². The summed E-state index contributed by atoms with van der Waals surface area (Å²) in [6, 6.07) is 7.84. The van der Waals surface area contributed by atoms with E-state index in [2.05, 4.69) is 66.1 Å². The molecule has 0 aliphatic rings. The van der Waals surface area contributed by atoms with Crippen molar-refractivity contribution in [2.24, 2.45) is 35.7 Å². The molecule has 7 aromatic rings. The van der Waals surface area contributed by atoms with Gasteiger partial charge in [-0.25, -0.2) is 38.2 Å². The smallest absolute Gasteiger partial charge is 0.420 e. The highest BCUT2D eigenvalue weighted by Crippen LogP contribution is 2.48. The number of azo groups is 3. The van der Waals surface area contributed by atoms with Gasteiger partial charge >= 0.3 is 54.3 Å². The fraction of sp³-hybridized carbons (Fsp3) is 0.148. The van der Waals surface area contributed by atoms with Gasteiger partial charge in [0.1, 0.15) is 63.0 Å². The Morgan fingerprint density at radius 2 is 0.848 bits per heavy atom. The molecule has 0 bridgehead atoms. The second-order valence-corrected chi connectivity index (χ2v) is 19.0. The summed E-state index contributed by atoms with van der Waals surface area (Å²) in [7, 11) is 0. The highest BCUT2D eigenvalue weighted by molar-refractivity contribution is 5.99. The Morgan fingerprint density at radius 3 is 1.14 bits per heavy atom. The number of pyridine rings is 3. The zero-order valence-corrected chi connectivity index (χ0v) is 48.3. The van der Waals surface area contributed by atoms with Gasteiger partial charge in [0.2, 0.25) is 29.5 Å². The van der Waals surface area contributed by atoms with Crippen LogP contribution in [0.3, 0.4) is 0 Å². The molecule has 45 heteroatoms. The molecule has 4 aromatic heterocycles. The Hall–Kier alpha value is -14.4. The van der Waals surface area contributed by atoms with Gasteiger partial charge in [-0.05, 0) is 61.5 Å². The van der Waals surface area contributed by atoms with Crippen LogP contribution in [-0.2, 0) is 31.6 Å². The number of rotatable bonds is 21. The molecule has 99 heavy (non-hydrogen) atoms. The summed E-state index contributed by atoms with van der Waals surface area (Å²) in [4.78, 5) is 130. The lowest BCUT2D eigenvalue weighted by Gasteiger charge is -2.17. The van der Waals surface area contributed by atoms with Gasteiger partial charge < -0.3 is 56.6 Å². The molecule has 11 N–H and O–H groups in total. The van der Waals surface area contributed by atoms with E-state index in [1.54, 1.807) is 0 Å². The maximum atomic E-state index is 14.8. The van der Waals surface area contributed by atoms with Gasteiger partial charge in [0.25, 0.3) is 28.3 Å². The van der Waals surface area contributed by atoms with Crippen molar-refractivity contribution in [3.8, 4) is 29.8 Å². The van der Waals surface area contributed by atoms with Crippen LogP contribution < -0.4 is 27.3 Å². The van der Waals surface area contributed by atoms with Crippen LogP contribution in [0.4, 0.5) is 97.2 Å². The monoisotopic (exact) mass is 1390 g/mol. The number of benzene rings is 3. The summed E-state index contributed by atoms with van der Waals surface area (Å²) in [6.45, 7) is 4.07. The molecular weight excluding hydrogens is 1360 g/mol. The Kier molecular flexibility index (Phi) is 20.4. The maximum absolute atomic E-state index is 14.8. The summed E-state index contributed by atoms with van der Waals surface area (Å²) in [5, 5.41) is 135. The second-order valence-electron chi connectivity index (χ2n) is 19.0. The van der Waals surface area contributed by atoms with Crippen LogP contribution in [0.1, 0.15) is 96.9 Å². The minimum Gasteiger partial charge on any atom is -0.493 e. The molecule has 36 nitrogen and oxygen atoms in total. The Morgan fingerprint density at radius 1 is 0.515 bits per heavy atom. The third-order valence-corrected chi connectivity index (χ3v) is 13.0. The van der Waals surface area contributed by atoms with Crippen molar-refractivity contribution in [3.63, 3.8) is 0 Å². The Bertz CT molecular complexity index is 4890. The Balaban J connectivity index is 1.39. The number of aromatic carboxylic acids is 6. The number of nitriles is 2. The molecule has 0 atom stereocenters. The summed E-state index contributed by atoms with van der Waals surface area (Å²) in [6.07, 6.45) is -17.3. The zero-order valence-electron chi connectivity index (χ0n) is 48.3. The van der Waals surface area contributed by atoms with Gasteiger partial charge in [-0.2, -0.15) is 70.0 Å². The average molecular weight is 1390 g/mol. The maximum Gasteiger partial charge on any atom is 0.420 e. The third kappa shape index (κ3) is 15.2. The van der Waals surface area contributed by atoms with Crippen molar-refractivity contribution >= 4 is 99.3 Å². The lowest BCUT2D eigenvalue weighted by molar-refractivity contribution is -0.138. The number of alkyl halides is 9. The number of nitrogens with zero attached hydrogens (tertiary/aromatic N) is 16. The van der Waals surface area contributed by atoms with Crippen LogP contribution in [0.5, 0.6) is 17.6 Å². The molecule has 0 saturated heterocycles. The number of aliphatic imine (C=N–C) groups is 1. The van der Waals surface area contributed by atoms with Crippen molar-refractivity contribution in [1.82, 2.24) is 28.7 Å². The number of aromatic hydroxyl groups is 3. The Labute approximate surface area is 537 Å². The van der Waals surface area contributed by atoms with E-state index in [0.717, 1.165) is 30.3 Å². The zero-order chi connectivity index (χ0) is 73.7. The number of carbonyl (C=O) groups is 6. The first-order valence-corrected chi connectivity index (χ1v) is 26.0. The number of halogens is 9. The summed E-state index contributed by atoms with van der Waals surface area (Å²) < 4.78 is 132. The van der Waals surface area contributed by atoms with Gasteiger partial charge in [0.15, 0.2) is 11.4 Å². The number of hydrogen-bond donors (Lipinski definition) is 11. The standard InChI is InChI=1S/C54H31F9N18O18/c1-18(81-41(86)33(66-2)32(54(61,62)63)36(42(81)87)78-75-29-15-21(45(92)93)5-8-24(29)48(98)99)69-51-71-49(67-9-11-79-37(82)25(16-64)30(52(55,56)57)34(39(79)84)76-73-27-13-19(43(88)89)3-6-22(27)46(94)95)70-50(72-51)68-10-12-80-38(83)26(17-65)31(53(58,59)60)35(40(80)85)77-74-28-14-20(44(90)91)4-7-23(28)47(96)97/h3-8,13-15,84-85,87H,9-12H2,1H3,(H,88,89)(H,90,91)(H,92,93)(H,94,95)(H,96,97)(H,98,99)(H2,67,68,70,71,72). The lowest BCUT2D eigenvalue weighted by atomic mass is 10.1. The number of carboxylic acids is 6. The van der Waals surface area contributed by atoms with E-state index in [0.29, 0.717) is 43.3 Å². The normalized spacial score (nSPS) is 11.9. The molecule has 0 fully saturated rings. The number of hydrogen-bond acceptors (Lipinski definition) is 26. The average Bonchev–Trinajstić information content (AvgIpc) is 1.25. The van der Waals surface area contributed by atoms with Gasteiger partial charge in [-0.15, -0.1) is 30.7 Å². The van der Waals surface area contributed by atoms with Gasteiger partial charge in [0.05, 0.1) is 45.5 Å². The topological polar surface area (TPSA) is 552 Å². The SMILES string of the molecule is [C-]#[N+]c1c(C(F)(F)F)c(N=Nc2cc(C(=O)O)ccc2C(=O)O)c(O)n(C(C)=Nc2nc(NCCn3c(O)c(N=Nc4cc(C(=O)O)ccc4C(=O)O)c(C(F)(F)F)c(C#N)c3=O)nc(NCCn3c(O)c(N=Nc4cc(C(=O)O)ccc4C(=O)O)c(C(F)(F)F)c(C#N)c3=O)n2)c1=O. The van der Waals surface area contributed by atoms with Crippen molar-refractivity contribution < 1.29 is 114 Å². The van der Waals surface area contributed by atoms with Crippen LogP contribution in [0.25, 0.3) is 4.85 Å². The van der Waals surface area contributed by atoms with Crippen molar-refractivity contribution in [3.05, 3.63) is 158 Å². The van der Waals surface area contributed by atoms with Gasteiger partial charge in [0, 0.05) is 26.2 Å². The summed E-state index contributed by atoms with van der Waals surface area (Å²) in [5.41, 5.74) is -31.0. The van der Waals surface area contributed by atoms with Crippen molar-refractivity contribution in [1.29, 1.82) is 10.5 Å². The lowest BCUT2D eigenvalue weighted by Crippen LogP contribution is -2.29. The largest absolute Gasteiger partial charge is 0.493 e. The predicted octanol–water partition coefficient (Wildman–Crippen LogP) is 9.08. The molecule has 0 spiro atoms. The quantitative estimate of drug-likeness (QED) is 0.0105. The van der Waals surface area contributed by atoms with E-state index >= 15 is 0 Å². The first-order chi connectivity index (χ1) is 46.3. The van der Waals surface area contributed by atoms with Crippen LogP contribution >= 0.6 is 0 Å². The highest BCUT2D eigenvalue weighted by Gasteiger charge is 2.44. The fourth-order valence-electron chi connectivity index (χ4n) is 8.59. The molecule has 0 unspecified atom stereocenters. The molecule has 3 aromatic carbocycles. The molecule has 0 amide bonds. The molecule has 0 aliphatic heterocycles. The van der Waals surface area contributed by atoms with Crippen molar-refractivity contribution in [2.45, 2.75) is 38.5 Å². The molecule has 4 heterocycles. The van der Waals surface area contributed by atoms with Crippen LogP contribution in [0.15, 0.2) is 105 Å². The molecule has 0 saturated carbocycles. The minimum absolute atomic E-state index is 0.0370. The fourth-order valence-corrected chi connectivity index (χ4v) is 8.59. The number of aromatic nitrogens is 6. The van der Waals surface area contributed by atoms with Crippen LogP contribution in [0.2, 0.25) is 0 Å². The third-order valence-electron chi connectivity index (χ3n) is 13.0. The van der Waals surface area contributed by atoms with Crippen molar-refractivity contribution in [2.75, 3.05) is 23.7 Å². The summed E-state index contributed by atoms with van der Waals surface area (Å²) in [5.74, 6) is -20.0. The van der Waals surface area contributed by atoms with E-state index in [9.17, 15) is 139 Å². The molecule has 508 valence electrons.